The number of hydrogen-bond acceptors (Lipinski definition) is 2. The van der Waals surface area contributed by atoms with Gasteiger partial charge in [0.2, 0.25) is 0 Å². The van der Waals surface area contributed by atoms with E-state index in [9.17, 15) is 0 Å². The number of ether oxygens (including phenoxy) is 1. The summed E-state index contributed by atoms with van der Waals surface area (Å²) in [7, 11) is 0. The highest BCUT2D eigenvalue weighted by Gasteiger charge is 2.04. The van der Waals surface area contributed by atoms with E-state index in [1.165, 1.54) is 5.56 Å². The summed E-state index contributed by atoms with van der Waals surface area (Å²) in [6, 6.07) is 14.3. The van der Waals surface area contributed by atoms with Crippen LogP contribution < -0.4 is 4.74 Å². The molecule has 0 bridgehead atoms. The minimum absolute atomic E-state index is 0.629. The third-order valence-electron chi connectivity index (χ3n) is 3.38. The molecule has 3 aromatic rings. The number of fused-ring (bicyclic) bond motifs is 1. The maximum Gasteiger partial charge on any atom is 0.122 e. The fraction of sp³-hybridized carbons (Fsp3) is 0.235. The molecule has 1 heterocycles. The molecule has 20 heavy (non-hydrogen) atoms. The summed E-state index contributed by atoms with van der Waals surface area (Å²) in [6.07, 6.45) is 0.780. The number of hydrogen-bond donors (Lipinski definition) is 1. The standard InChI is InChI=1S/C17H18N2O/c1-12-7-8-14-15(11-12)19-17(18-14)9-10-20-16-6-4-3-5-13(16)2/h3-8,11H,9-10H2,1-2H3,(H,18,19). The zero-order valence-corrected chi connectivity index (χ0v) is 11.8. The first-order valence-electron chi connectivity index (χ1n) is 6.86. The molecule has 2 aromatic carbocycles. The Kier molecular flexibility index (Phi) is 3.42. The molecular weight excluding hydrogens is 248 g/mol. The average molecular weight is 266 g/mol. The number of aromatic amines is 1. The quantitative estimate of drug-likeness (QED) is 0.780. The van der Waals surface area contributed by atoms with Gasteiger partial charge in [0.25, 0.3) is 0 Å². The van der Waals surface area contributed by atoms with E-state index < -0.39 is 0 Å². The molecule has 0 radical (unpaired) electrons. The van der Waals surface area contributed by atoms with Gasteiger partial charge in [-0.2, -0.15) is 0 Å². The highest BCUT2D eigenvalue weighted by Crippen LogP contribution is 2.17. The van der Waals surface area contributed by atoms with Gasteiger partial charge in [-0.15, -0.1) is 0 Å². The Morgan fingerprint density at radius 3 is 2.80 bits per heavy atom. The van der Waals surface area contributed by atoms with Crippen LogP contribution in [0.4, 0.5) is 0 Å². The summed E-state index contributed by atoms with van der Waals surface area (Å²) in [5, 5.41) is 0. The Bertz CT molecular complexity index is 731. The van der Waals surface area contributed by atoms with Crippen LogP contribution in [0, 0.1) is 13.8 Å². The van der Waals surface area contributed by atoms with Crippen LogP contribution in [0.15, 0.2) is 42.5 Å². The van der Waals surface area contributed by atoms with Crippen molar-refractivity contribution >= 4 is 11.0 Å². The van der Waals surface area contributed by atoms with Gasteiger partial charge in [-0.1, -0.05) is 24.3 Å². The molecule has 1 aromatic heterocycles. The highest BCUT2D eigenvalue weighted by molar-refractivity contribution is 5.75. The van der Waals surface area contributed by atoms with Gasteiger partial charge in [0.05, 0.1) is 17.6 Å². The van der Waals surface area contributed by atoms with E-state index in [-0.39, 0.29) is 0 Å². The lowest BCUT2D eigenvalue weighted by molar-refractivity contribution is 0.317. The minimum Gasteiger partial charge on any atom is -0.493 e. The second-order valence-electron chi connectivity index (χ2n) is 5.07. The molecule has 0 aliphatic heterocycles. The first-order chi connectivity index (χ1) is 9.72. The number of H-pyrrole nitrogens is 1. The topological polar surface area (TPSA) is 37.9 Å². The van der Waals surface area contributed by atoms with Crippen LogP contribution in [-0.2, 0) is 6.42 Å². The molecule has 3 rings (SSSR count). The Morgan fingerprint density at radius 2 is 1.95 bits per heavy atom. The monoisotopic (exact) mass is 266 g/mol. The van der Waals surface area contributed by atoms with Crippen molar-refractivity contribution in [2.24, 2.45) is 0 Å². The van der Waals surface area contributed by atoms with Crippen LogP contribution in [0.3, 0.4) is 0 Å². The van der Waals surface area contributed by atoms with E-state index in [0.29, 0.717) is 6.61 Å². The molecule has 0 saturated heterocycles. The van der Waals surface area contributed by atoms with Crippen molar-refractivity contribution in [3.63, 3.8) is 0 Å². The van der Waals surface area contributed by atoms with Crippen LogP contribution in [0.5, 0.6) is 5.75 Å². The lowest BCUT2D eigenvalue weighted by Gasteiger charge is -2.07. The summed E-state index contributed by atoms with van der Waals surface area (Å²) < 4.78 is 5.80. The Hall–Kier alpha value is -2.29. The summed E-state index contributed by atoms with van der Waals surface area (Å²) in [5.41, 5.74) is 4.51. The minimum atomic E-state index is 0.629. The van der Waals surface area contributed by atoms with Crippen molar-refractivity contribution in [1.29, 1.82) is 0 Å². The second-order valence-corrected chi connectivity index (χ2v) is 5.07. The molecule has 0 spiro atoms. The molecule has 0 saturated carbocycles. The zero-order valence-electron chi connectivity index (χ0n) is 11.8. The van der Waals surface area contributed by atoms with Gasteiger partial charge < -0.3 is 9.72 Å². The van der Waals surface area contributed by atoms with Gasteiger partial charge in [-0.25, -0.2) is 4.98 Å². The zero-order chi connectivity index (χ0) is 13.9. The van der Waals surface area contributed by atoms with E-state index in [4.69, 9.17) is 4.74 Å². The summed E-state index contributed by atoms with van der Waals surface area (Å²) >= 11 is 0. The third-order valence-corrected chi connectivity index (χ3v) is 3.38. The number of para-hydroxylation sites is 1. The maximum atomic E-state index is 5.80. The SMILES string of the molecule is Cc1ccc2nc(CCOc3ccccc3C)[nH]c2c1. The van der Waals surface area contributed by atoms with Gasteiger partial charge in [0.15, 0.2) is 0 Å². The molecule has 3 nitrogen and oxygen atoms in total. The molecule has 0 amide bonds. The molecular formula is C17H18N2O. The van der Waals surface area contributed by atoms with Crippen LogP contribution in [0.25, 0.3) is 11.0 Å². The van der Waals surface area contributed by atoms with E-state index in [0.717, 1.165) is 34.6 Å². The Labute approximate surface area is 118 Å². The van der Waals surface area contributed by atoms with Crippen molar-refractivity contribution in [2.45, 2.75) is 20.3 Å². The van der Waals surface area contributed by atoms with Crippen LogP contribution >= 0.6 is 0 Å². The van der Waals surface area contributed by atoms with E-state index in [1.54, 1.807) is 0 Å². The van der Waals surface area contributed by atoms with Crippen LogP contribution in [0.1, 0.15) is 17.0 Å². The number of aryl methyl sites for hydroxylation is 2. The van der Waals surface area contributed by atoms with Crippen LogP contribution in [-0.4, -0.2) is 16.6 Å². The highest BCUT2D eigenvalue weighted by atomic mass is 16.5. The molecule has 0 aliphatic rings. The Morgan fingerprint density at radius 1 is 1.10 bits per heavy atom. The van der Waals surface area contributed by atoms with Crippen molar-refractivity contribution in [3.8, 4) is 5.75 Å². The molecule has 3 heteroatoms. The van der Waals surface area contributed by atoms with E-state index >= 15 is 0 Å². The van der Waals surface area contributed by atoms with Gasteiger partial charge >= 0.3 is 0 Å². The number of nitrogens with one attached hydrogen (secondary N) is 1. The number of imidazole rings is 1. The normalized spacial score (nSPS) is 10.9. The largest absolute Gasteiger partial charge is 0.493 e. The fourth-order valence-electron chi connectivity index (χ4n) is 2.27. The number of aromatic nitrogens is 2. The summed E-state index contributed by atoms with van der Waals surface area (Å²) in [6.45, 7) is 4.77. The predicted octanol–water partition coefficient (Wildman–Crippen LogP) is 3.80. The summed E-state index contributed by atoms with van der Waals surface area (Å²) in [4.78, 5) is 7.92. The van der Waals surface area contributed by atoms with Crippen molar-refractivity contribution in [1.82, 2.24) is 9.97 Å². The van der Waals surface area contributed by atoms with Gasteiger partial charge in [0.1, 0.15) is 11.6 Å². The Balaban J connectivity index is 1.67. The lowest BCUT2D eigenvalue weighted by atomic mass is 10.2. The second kappa shape index (κ2) is 5.37. The lowest BCUT2D eigenvalue weighted by Crippen LogP contribution is -2.03. The average Bonchev–Trinajstić information content (AvgIpc) is 2.83. The molecule has 0 atom stereocenters. The number of nitrogens with zero attached hydrogens (tertiary/aromatic N) is 1. The van der Waals surface area contributed by atoms with Gasteiger partial charge in [-0.05, 0) is 43.2 Å². The van der Waals surface area contributed by atoms with Crippen LogP contribution in [0.2, 0.25) is 0 Å². The van der Waals surface area contributed by atoms with Crippen molar-refractivity contribution in [3.05, 3.63) is 59.4 Å². The molecule has 0 fully saturated rings. The van der Waals surface area contributed by atoms with E-state index in [1.807, 2.05) is 24.3 Å². The molecule has 0 aliphatic carbocycles. The predicted molar refractivity (Wildman–Crippen MR) is 81.2 cm³/mol. The molecule has 1 N–H and O–H groups in total. The smallest absolute Gasteiger partial charge is 0.122 e. The number of rotatable bonds is 4. The van der Waals surface area contributed by atoms with Crippen molar-refractivity contribution < 1.29 is 4.74 Å². The molecule has 0 unspecified atom stereocenters. The fourth-order valence-corrected chi connectivity index (χ4v) is 2.27. The van der Waals surface area contributed by atoms with E-state index in [2.05, 4.69) is 42.0 Å². The van der Waals surface area contributed by atoms with Crippen molar-refractivity contribution in [2.75, 3.05) is 6.61 Å². The third kappa shape index (κ3) is 2.67. The first-order valence-corrected chi connectivity index (χ1v) is 6.86. The molecule has 102 valence electrons. The van der Waals surface area contributed by atoms with Gasteiger partial charge in [-0.3, -0.25) is 0 Å². The van der Waals surface area contributed by atoms with Gasteiger partial charge in [0, 0.05) is 6.42 Å². The first kappa shape index (κ1) is 12.7. The maximum absolute atomic E-state index is 5.80. The summed E-state index contributed by atoms with van der Waals surface area (Å²) in [5.74, 6) is 1.92. The number of benzene rings is 2.